The van der Waals surface area contributed by atoms with Gasteiger partial charge in [-0.25, -0.2) is 4.98 Å². The largest absolute Gasteiger partial charge is 0.505 e. The molecule has 0 aliphatic rings. The maximum Gasteiger partial charge on any atom is 0.273 e. The minimum Gasteiger partial charge on any atom is -0.505 e. The van der Waals surface area contributed by atoms with Crippen LogP contribution in [-0.4, -0.2) is 29.0 Å². The van der Waals surface area contributed by atoms with Crippen molar-refractivity contribution >= 4 is 29.6 Å². The van der Waals surface area contributed by atoms with E-state index in [-0.39, 0.29) is 39.5 Å². The van der Waals surface area contributed by atoms with Crippen molar-refractivity contribution in [3.8, 4) is 17.2 Å². The van der Waals surface area contributed by atoms with Crippen LogP contribution in [-0.2, 0) is 4.79 Å². The summed E-state index contributed by atoms with van der Waals surface area (Å²) < 4.78 is 5.32. The number of phenolic OH excluding ortho intramolecular Hbond substituents is 1. The van der Waals surface area contributed by atoms with Gasteiger partial charge in [-0.05, 0) is 18.6 Å². The third kappa shape index (κ3) is 6.27. The van der Waals surface area contributed by atoms with Crippen LogP contribution in [0.15, 0.2) is 22.8 Å². The Balaban J connectivity index is 1.90. The van der Waals surface area contributed by atoms with Crippen LogP contribution >= 0.6 is 11.6 Å². The third-order valence-electron chi connectivity index (χ3n) is 4.32. The summed E-state index contributed by atoms with van der Waals surface area (Å²) in [5, 5.41) is 15.7. The number of hydrogen-bond donors (Lipinski definition) is 3. The zero-order valence-electron chi connectivity index (χ0n) is 16.0. The number of rotatable bonds is 12. The summed E-state index contributed by atoms with van der Waals surface area (Å²) in [6.07, 6.45) is 9.84. The van der Waals surface area contributed by atoms with Gasteiger partial charge < -0.3 is 20.2 Å². The van der Waals surface area contributed by atoms with Crippen molar-refractivity contribution in [3.63, 3.8) is 0 Å². The highest BCUT2D eigenvalue weighted by Crippen LogP contribution is 2.37. The van der Waals surface area contributed by atoms with Crippen LogP contribution in [0.4, 0.5) is 5.69 Å². The Kier molecular flexibility index (Phi) is 8.81. The summed E-state index contributed by atoms with van der Waals surface area (Å²) >= 11 is 6.00. The van der Waals surface area contributed by atoms with Crippen LogP contribution in [0, 0.1) is 0 Å². The smallest absolute Gasteiger partial charge is 0.273 e. The quantitative estimate of drug-likeness (QED) is 0.267. The average Bonchev–Trinajstić information content (AvgIpc) is 3.16. The van der Waals surface area contributed by atoms with Crippen molar-refractivity contribution in [2.24, 2.45) is 0 Å². The second-order valence-electron chi connectivity index (χ2n) is 6.53. The van der Waals surface area contributed by atoms with Gasteiger partial charge in [0.1, 0.15) is 6.26 Å². The topological polar surface area (TPSA) is 104 Å². The number of aromatic hydroxyl groups is 1. The molecular formula is C20H26ClN3O4. The molecule has 1 aromatic heterocycles. The zero-order valence-corrected chi connectivity index (χ0v) is 16.7. The predicted octanol–water partition coefficient (Wildman–Crippen LogP) is 4.75. The molecular weight excluding hydrogens is 382 g/mol. The van der Waals surface area contributed by atoms with Crippen LogP contribution in [0.3, 0.4) is 0 Å². The zero-order chi connectivity index (χ0) is 20.4. The van der Waals surface area contributed by atoms with Crippen molar-refractivity contribution in [1.82, 2.24) is 10.3 Å². The Labute approximate surface area is 169 Å². The summed E-state index contributed by atoms with van der Waals surface area (Å²) in [5.74, 6) is -0.544. The fourth-order valence-corrected chi connectivity index (χ4v) is 3.03. The molecule has 2 amide bonds. The lowest BCUT2D eigenvalue weighted by molar-refractivity contribution is -0.105. The molecule has 0 saturated heterocycles. The predicted molar refractivity (Wildman–Crippen MR) is 109 cm³/mol. The Hall–Kier alpha value is -2.54. The minimum atomic E-state index is -0.339. The van der Waals surface area contributed by atoms with E-state index in [1.165, 1.54) is 50.5 Å². The van der Waals surface area contributed by atoms with E-state index >= 15 is 0 Å². The normalized spacial score (nSPS) is 10.6. The van der Waals surface area contributed by atoms with E-state index in [0.717, 1.165) is 12.8 Å². The average molecular weight is 408 g/mol. The first-order valence-corrected chi connectivity index (χ1v) is 9.91. The number of phenols is 1. The first-order chi connectivity index (χ1) is 13.6. The van der Waals surface area contributed by atoms with Crippen molar-refractivity contribution in [2.45, 2.75) is 51.9 Å². The lowest BCUT2D eigenvalue weighted by Gasteiger charge is -2.07. The Morgan fingerprint density at radius 1 is 1.21 bits per heavy atom. The van der Waals surface area contributed by atoms with Crippen LogP contribution in [0.5, 0.6) is 5.75 Å². The molecule has 0 atom stereocenters. The van der Waals surface area contributed by atoms with E-state index < -0.39 is 0 Å². The monoisotopic (exact) mass is 407 g/mol. The van der Waals surface area contributed by atoms with Gasteiger partial charge in [-0.15, -0.1) is 0 Å². The van der Waals surface area contributed by atoms with E-state index in [1.807, 2.05) is 0 Å². The highest BCUT2D eigenvalue weighted by molar-refractivity contribution is 6.31. The van der Waals surface area contributed by atoms with Crippen LogP contribution < -0.4 is 10.6 Å². The van der Waals surface area contributed by atoms with Crippen molar-refractivity contribution in [1.29, 1.82) is 0 Å². The summed E-state index contributed by atoms with van der Waals surface area (Å²) in [4.78, 5) is 27.0. The number of benzene rings is 1. The number of hydrogen-bond acceptors (Lipinski definition) is 5. The Morgan fingerprint density at radius 3 is 2.64 bits per heavy atom. The molecule has 2 rings (SSSR count). The molecule has 0 unspecified atom stereocenters. The van der Waals surface area contributed by atoms with E-state index in [0.29, 0.717) is 13.0 Å². The molecule has 0 bridgehead atoms. The number of nitrogens with one attached hydrogen (secondary N) is 2. The molecule has 1 heterocycles. The standard InChI is InChI=1S/C20H26ClN3O4/c1-2-3-4-5-6-7-8-9-22-19(27)17-12-28-20(24-17)15-10-14(21)11-16(18(15)26)23-13-25/h10-13,26H,2-9H2,1H3,(H,22,27)(H,23,25). The molecule has 0 saturated carbocycles. The van der Waals surface area contributed by atoms with Gasteiger partial charge in [0.15, 0.2) is 11.4 Å². The van der Waals surface area contributed by atoms with E-state index in [1.54, 1.807) is 0 Å². The van der Waals surface area contributed by atoms with E-state index in [4.69, 9.17) is 16.0 Å². The lowest BCUT2D eigenvalue weighted by atomic mass is 10.1. The molecule has 28 heavy (non-hydrogen) atoms. The summed E-state index contributed by atoms with van der Waals surface area (Å²) in [5.41, 5.74) is 0.422. The minimum absolute atomic E-state index is 0.0371. The number of unbranched alkanes of at least 4 members (excludes halogenated alkanes) is 6. The van der Waals surface area contributed by atoms with Gasteiger partial charge in [0.25, 0.3) is 5.91 Å². The number of carbonyl (C=O) groups is 2. The number of oxazole rings is 1. The van der Waals surface area contributed by atoms with Gasteiger partial charge >= 0.3 is 0 Å². The summed E-state index contributed by atoms with van der Waals surface area (Å²) in [7, 11) is 0. The van der Waals surface area contributed by atoms with Gasteiger partial charge in [0.2, 0.25) is 12.3 Å². The van der Waals surface area contributed by atoms with Crippen molar-refractivity contribution in [2.75, 3.05) is 11.9 Å². The van der Waals surface area contributed by atoms with Crippen molar-refractivity contribution in [3.05, 3.63) is 29.1 Å². The molecule has 1 aromatic carbocycles. The van der Waals surface area contributed by atoms with Crippen molar-refractivity contribution < 1.29 is 19.1 Å². The number of carbonyl (C=O) groups excluding carboxylic acids is 2. The van der Waals surface area contributed by atoms with Gasteiger partial charge in [-0.1, -0.05) is 57.0 Å². The van der Waals surface area contributed by atoms with Crippen LogP contribution in [0.2, 0.25) is 5.02 Å². The van der Waals surface area contributed by atoms with E-state index in [9.17, 15) is 14.7 Å². The fraction of sp³-hybridized carbons (Fsp3) is 0.450. The van der Waals surface area contributed by atoms with Gasteiger partial charge in [0.05, 0.1) is 11.3 Å². The Bertz CT molecular complexity index is 792. The molecule has 152 valence electrons. The third-order valence-corrected chi connectivity index (χ3v) is 4.54. The van der Waals surface area contributed by atoms with Gasteiger partial charge in [0, 0.05) is 11.6 Å². The number of aromatic nitrogens is 1. The van der Waals surface area contributed by atoms with Crippen LogP contribution in [0.1, 0.15) is 62.4 Å². The number of amides is 2. The van der Waals surface area contributed by atoms with Crippen LogP contribution in [0.25, 0.3) is 11.5 Å². The van der Waals surface area contributed by atoms with Gasteiger partial charge in [-0.2, -0.15) is 0 Å². The molecule has 3 N–H and O–H groups in total. The summed E-state index contributed by atoms with van der Waals surface area (Å²) in [6, 6.07) is 2.84. The molecule has 0 aliphatic carbocycles. The molecule has 0 aliphatic heterocycles. The first-order valence-electron chi connectivity index (χ1n) is 9.53. The SMILES string of the molecule is CCCCCCCCCNC(=O)c1coc(-c2cc(Cl)cc(NC=O)c2O)n1. The molecule has 0 spiro atoms. The first kappa shape index (κ1) is 21.8. The number of nitrogens with zero attached hydrogens (tertiary/aromatic N) is 1. The second-order valence-corrected chi connectivity index (χ2v) is 6.96. The second kappa shape index (κ2) is 11.3. The lowest BCUT2D eigenvalue weighted by Crippen LogP contribution is -2.24. The number of halogens is 1. The fourth-order valence-electron chi connectivity index (χ4n) is 2.81. The number of anilines is 1. The molecule has 7 nitrogen and oxygen atoms in total. The van der Waals surface area contributed by atoms with E-state index in [2.05, 4.69) is 22.5 Å². The molecule has 8 heteroatoms. The highest BCUT2D eigenvalue weighted by atomic mass is 35.5. The van der Waals surface area contributed by atoms with Gasteiger partial charge in [-0.3, -0.25) is 9.59 Å². The summed E-state index contributed by atoms with van der Waals surface area (Å²) in [6.45, 7) is 2.77. The highest BCUT2D eigenvalue weighted by Gasteiger charge is 2.18. The maximum absolute atomic E-state index is 12.2. The molecule has 0 radical (unpaired) electrons. The Morgan fingerprint density at radius 2 is 1.93 bits per heavy atom. The maximum atomic E-state index is 12.2. The molecule has 2 aromatic rings. The molecule has 0 fully saturated rings.